The van der Waals surface area contributed by atoms with E-state index in [1.54, 1.807) is 18.3 Å². The zero-order chi connectivity index (χ0) is 12.3. The van der Waals surface area contributed by atoms with E-state index < -0.39 is 0 Å². The summed E-state index contributed by atoms with van der Waals surface area (Å²) in [6.45, 7) is 0. The van der Waals surface area contributed by atoms with Gasteiger partial charge in [0.2, 0.25) is 0 Å². The molecule has 4 heteroatoms. The van der Waals surface area contributed by atoms with Gasteiger partial charge in [0.25, 0.3) is 0 Å². The second-order valence-electron chi connectivity index (χ2n) is 3.91. The Bertz CT molecular complexity index is 514. The van der Waals surface area contributed by atoms with Gasteiger partial charge in [-0.3, -0.25) is 0 Å². The molecule has 1 unspecified atom stereocenters. The lowest BCUT2D eigenvalue weighted by Crippen LogP contribution is -2.14. The van der Waals surface area contributed by atoms with Gasteiger partial charge >= 0.3 is 0 Å². The topological polar surface area (TPSA) is 64.9 Å². The normalized spacial score (nSPS) is 12.4. The molecule has 0 radical (unpaired) electrons. The highest BCUT2D eigenvalue weighted by Gasteiger charge is 2.10. The maximum Gasteiger partial charge on any atom is 0.126 e. The summed E-state index contributed by atoms with van der Waals surface area (Å²) in [6, 6.07) is 9.70. The van der Waals surface area contributed by atoms with Crippen molar-refractivity contribution in [3.63, 3.8) is 0 Å². The number of hydrogen-bond donors (Lipinski definition) is 2. The molecule has 0 aliphatic rings. The van der Waals surface area contributed by atoms with E-state index in [0.29, 0.717) is 12.2 Å². The van der Waals surface area contributed by atoms with Crippen molar-refractivity contribution in [2.75, 3.05) is 5.73 Å². The summed E-state index contributed by atoms with van der Waals surface area (Å²) >= 11 is 0. The van der Waals surface area contributed by atoms with E-state index in [1.807, 2.05) is 12.1 Å². The minimum absolute atomic E-state index is 0.280. The molecule has 2 aromatic rings. The predicted molar refractivity (Wildman–Crippen MR) is 65.7 cm³/mol. The van der Waals surface area contributed by atoms with Crippen LogP contribution in [0.25, 0.3) is 0 Å². The second-order valence-corrected chi connectivity index (χ2v) is 3.91. The molecule has 0 aliphatic carbocycles. The SMILES string of the molecule is Nc1ncccc1CC(N)c1cccc(F)c1. The zero-order valence-electron chi connectivity index (χ0n) is 9.31. The zero-order valence-corrected chi connectivity index (χ0v) is 9.31. The smallest absolute Gasteiger partial charge is 0.126 e. The first-order chi connectivity index (χ1) is 8.16. The fourth-order valence-electron chi connectivity index (χ4n) is 1.72. The van der Waals surface area contributed by atoms with Gasteiger partial charge in [-0.05, 0) is 35.7 Å². The molecule has 0 bridgehead atoms. The first-order valence-corrected chi connectivity index (χ1v) is 5.37. The fourth-order valence-corrected chi connectivity index (χ4v) is 1.72. The molecule has 1 atom stereocenters. The summed E-state index contributed by atoms with van der Waals surface area (Å²) < 4.78 is 13.1. The third-order valence-corrected chi connectivity index (χ3v) is 2.64. The summed E-state index contributed by atoms with van der Waals surface area (Å²) in [7, 11) is 0. The van der Waals surface area contributed by atoms with Gasteiger partial charge in [0, 0.05) is 12.2 Å². The van der Waals surface area contributed by atoms with Crippen molar-refractivity contribution in [2.24, 2.45) is 5.73 Å². The third-order valence-electron chi connectivity index (χ3n) is 2.64. The number of anilines is 1. The largest absolute Gasteiger partial charge is 0.383 e. The average Bonchev–Trinajstić information content (AvgIpc) is 2.32. The van der Waals surface area contributed by atoms with Crippen LogP contribution in [-0.4, -0.2) is 4.98 Å². The minimum Gasteiger partial charge on any atom is -0.383 e. The first kappa shape index (κ1) is 11.5. The Balaban J connectivity index is 2.17. The molecule has 17 heavy (non-hydrogen) atoms. The van der Waals surface area contributed by atoms with Crippen LogP contribution in [0.15, 0.2) is 42.6 Å². The van der Waals surface area contributed by atoms with Crippen LogP contribution in [-0.2, 0) is 6.42 Å². The fraction of sp³-hybridized carbons (Fsp3) is 0.154. The molecule has 0 amide bonds. The van der Waals surface area contributed by atoms with E-state index >= 15 is 0 Å². The number of halogens is 1. The number of nitrogens with two attached hydrogens (primary N) is 2. The van der Waals surface area contributed by atoms with Gasteiger partial charge in [-0.25, -0.2) is 9.37 Å². The molecular weight excluding hydrogens is 217 g/mol. The van der Waals surface area contributed by atoms with Crippen molar-refractivity contribution in [1.82, 2.24) is 4.98 Å². The summed E-state index contributed by atoms with van der Waals surface area (Å²) in [6.07, 6.45) is 2.18. The van der Waals surface area contributed by atoms with Gasteiger partial charge in [-0.2, -0.15) is 0 Å². The van der Waals surface area contributed by atoms with Gasteiger partial charge in [0.1, 0.15) is 11.6 Å². The molecule has 3 nitrogen and oxygen atoms in total. The van der Waals surface area contributed by atoms with Crippen molar-refractivity contribution in [3.8, 4) is 0 Å². The van der Waals surface area contributed by atoms with Crippen LogP contribution in [0.1, 0.15) is 17.2 Å². The molecule has 0 fully saturated rings. The molecule has 1 aromatic carbocycles. The summed E-state index contributed by atoms with van der Waals surface area (Å²) in [4.78, 5) is 3.99. The molecule has 0 aliphatic heterocycles. The highest BCUT2D eigenvalue weighted by molar-refractivity contribution is 5.39. The van der Waals surface area contributed by atoms with Gasteiger partial charge < -0.3 is 11.5 Å². The molecule has 0 spiro atoms. The minimum atomic E-state index is -0.280. The van der Waals surface area contributed by atoms with E-state index in [4.69, 9.17) is 11.5 Å². The van der Waals surface area contributed by atoms with E-state index in [2.05, 4.69) is 4.98 Å². The maximum absolute atomic E-state index is 13.1. The van der Waals surface area contributed by atoms with E-state index in [-0.39, 0.29) is 11.9 Å². The van der Waals surface area contributed by atoms with Crippen LogP contribution in [0.5, 0.6) is 0 Å². The van der Waals surface area contributed by atoms with Crippen LogP contribution in [0.2, 0.25) is 0 Å². The Kier molecular flexibility index (Phi) is 3.35. The number of aromatic nitrogens is 1. The number of hydrogen-bond acceptors (Lipinski definition) is 3. The molecule has 2 rings (SSSR count). The number of benzene rings is 1. The van der Waals surface area contributed by atoms with Crippen LogP contribution >= 0.6 is 0 Å². The number of nitrogen functional groups attached to an aromatic ring is 1. The van der Waals surface area contributed by atoms with Crippen molar-refractivity contribution >= 4 is 5.82 Å². The summed E-state index contributed by atoms with van der Waals surface area (Å²) in [5, 5.41) is 0. The Hall–Kier alpha value is -1.94. The van der Waals surface area contributed by atoms with Crippen LogP contribution in [0.3, 0.4) is 0 Å². The molecule has 0 saturated carbocycles. The van der Waals surface area contributed by atoms with Gasteiger partial charge in [-0.1, -0.05) is 18.2 Å². The van der Waals surface area contributed by atoms with Crippen LogP contribution in [0.4, 0.5) is 10.2 Å². The van der Waals surface area contributed by atoms with Crippen molar-refractivity contribution in [3.05, 3.63) is 59.5 Å². The molecule has 0 saturated heterocycles. The van der Waals surface area contributed by atoms with E-state index in [9.17, 15) is 4.39 Å². The van der Waals surface area contributed by atoms with Gasteiger partial charge in [0.15, 0.2) is 0 Å². The van der Waals surface area contributed by atoms with Crippen molar-refractivity contribution in [2.45, 2.75) is 12.5 Å². The number of nitrogens with zero attached hydrogens (tertiary/aromatic N) is 1. The Labute approximate surface area is 99.3 Å². The maximum atomic E-state index is 13.1. The lowest BCUT2D eigenvalue weighted by Gasteiger charge is -2.13. The lowest BCUT2D eigenvalue weighted by atomic mass is 10.00. The monoisotopic (exact) mass is 231 g/mol. The standard InChI is InChI=1S/C13H14FN3/c14-11-5-1-3-9(7-11)12(15)8-10-4-2-6-17-13(10)16/h1-7,12H,8,15H2,(H2,16,17). The Morgan fingerprint density at radius 2 is 2.06 bits per heavy atom. The molecule has 1 heterocycles. The average molecular weight is 231 g/mol. The lowest BCUT2D eigenvalue weighted by molar-refractivity contribution is 0.618. The summed E-state index contributed by atoms with van der Waals surface area (Å²) in [5.74, 6) is 0.191. The quantitative estimate of drug-likeness (QED) is 0.849. The van der Waals surface area contributed by atoms with Gasteiger partial charge in [-0.15, -0.1) is 0 Å². The highest BCUT2D eigenvalue weighted by Crippen LogP contribution is 2.19. The van der Waals surface area contributed by atoms with Crippen LogP contribution < -0.4 is 11.5 Å². The second kappa shape index (κ2) is 4.93. The summed E-state index contributed by atoms with van der Waals surface area (Å²) in [5.41, 5.74) is 13.4. The predicted octanol–water partition coefficient (Wildman–Crippen LogP) is 2.05. The molecule has 88 valence electrons. The molecular formula is C13H14FN3. The molecule has 4 N–H and O–H groups in total. The van der Waals surface area contributed by atoms with E-state index in [1.165, 1.54) is 12.1 Å². The third kappa shape index (κ3) is 2.79. The van der Waals surface area contributed by atoms with E-state index in [0.717, 1.165) is 11.1 Å². The highest BCUT2D eigenvalue weighted by atomic mass is 19.1. The Morgan fingerprint density at radius 3 is 2.76 bits per heavy atom. The van der Waals surface area contributed by atoms with Crippen LogP contribution in [0, 0.1) is 5.82 Å². The molecule has 1 aromatic heterocycles. The number of pyridine rings is 1. The number of rotatable bonds is 3. The van der Waals surface area contributed by atoms with Crippen molar-refractivity contribution < 1.29 is 4.39 Å². The first-order valence-electron chi connectivity index (χ1n) is 5.37. The van der Waals surface area contributed by atoms with Crippen molar-refractivity contribution in [1.29, 1.82) is 0 Å². The van der Waals surface area contributed by atoms with Gasteiger partial charge in [0.05, 0.1) is 0 Å². The Morgan fingerprint density at radius 1 is 1.24 bits per heavy atom.